The minimum Gasteiger partial charge on any atom is -0.485 e. The molecule has 0 saturated carbocycles. The Kier molecular flexibility index (Phi) is 6.53. The highest BCUT2D eigenvalue weighted by atomic mass is 32.7. The molecule has 3 heterocycles. The molecule has 1 aliphatic heterocycles. The molecule has 148 valence electrons. The quantitative estimate of drug-likeness (QED) is 0.197. The number of benzene rings is 1. The average molecular weight is 476 g/mol. The van der Waals surface area contributed by atoms with Gasteiger partial charge >= 0.3 is 0 Å². The van der Waals surface area contributed by atoms with Crippen LogP contribution in [0, 0.1) is 0 Å². The zero-order valence-corrected chi connectivity index (χ0v) is 19.9. The third kappa shape index (κ3) is 4.50. The third-order valence-corrected chi connectivity index (χ3v) is 11.2. The van der Waals surface area contributed by atoms with E-state index in [9.17, 15) is 0 Å². The fourth-order valence-electron chi connectivity index (χ4n) is 2.59. The highest BCUT2D eigenvalue weighted by Crippen LogP contribution is 2.68. The van der Waals surface area contributed by atoms with E-state index in [1.54, 1.807) is 28.9 Å². The molecular formula is C19H18N5PS4. The SMILES string of the molecule is CN(C)[P+]1([S-])N=C(c2cccs2)S/C(=N/N=C/c2cccs2)N1c1ccccc1. The molecule has 0 N–H and O–H groups in total. The lowest BCUT2D eigenvalue weighted by molar-refractivity contribution is 0.672. The van der Waals surface area contributed by atoms with E-state index in [4.69, 9.17) is 17.0 Å². The second kappa shape index (κ2) is 9.12. The molecule has 1 aliphatic rings. The molecule has 10 heteroatoms. The summed E-state index contributed by atoms with van der Waals surface area (Å²) in [5.41, 5.74) is 0.969. The summed E-state index contributed by atoms with van der Waals surface area (Å²) in [5, 5.41) is 14.7. The number of para-hydroxylation sites is 1. The van der Waals surface area contributed by atoms with Crippen LogP contribution in [0.3, 0.4) is 0 Å². The van der Waals surface area contributed by atoms with Gasteiger partial charge < -0.3 is 12.2 Å². The molecule has 5 nitrogen and oxygen atoms in total. The van der Waals surface area contributed by atoms with Gasteiger partial charge in [0, 0.05) is 19.0 Å². The van der Waals surface area contributed by atoms with Crippen molar-refractivity contribution in [2.75, 3.05) is 18.8 Å². The van der Waals surface area contributed by atoms with Crippen LogP contribution in [-0.2, 0) is 12.2 Å². The van der Waals surface area contributed by atoms with Crippen molar-refractivity contribution >= 4 is 75.7 Å². The molecule has 0 fully saturated rings. The van der Waals surface area contributed by atoms with Crippen LogP contribution in [0.1, 0.15) is 9.75 Å². The van der Waals surface area contributed by atoms with Gasteiger partial charge in [0.1, 0.15) is 0 Å². The molecule has 4 rings (SSSR count). The predicted octanol–water partition coefficient (Wildman–Crippen LogP) is 5.99. The standard InChI is InChI=1S/C19H18N5PS4/c1-23(2)25(26)22-18(17-11-7-13-28-17)29-19(21-20-14-16-10-6-12-27-16)24(25)15-8-4-3-5-9-15/h3-14H,1-2H3/b20-14+,21-19+. The molecular weight excluding hydrogens is 457 g/mol. The van der Waals surface area contributed by atoms with Crippen LogP contribution >= 0.6 is 41.4 Å². The molecule has 0 saturated heterocycles. The van der Waals surface area contributed by atoms with Crippen LogP contribution in [0.15, 0.2) is 80.3 Å². The first kappa shape index (κ1) is 20.8. The molecule has 0 amide bonds. The molecule has 0 radical (unpaired) electrons. The predicted molar refractivity (Wildman–Crippen MR) is 135 cm³/mol. The highest BCUT2D eigenvalue weighted by Gasteiger charge is 2.45. The maximum absolute atomic E-state index is 6.18. The third-order valence-electron chi connectivity index (χ3n) is 3.98. The van der Waals surface area contributed by atoms with Gasteiger partial charge in [-0.1, -0.05) is 35.1 Å². The molecule has 1 aromatic carbocycles. The molecule has 2 aromatic heterocycles. The van der Waals surface area contributed by atoms with Crippen molar-refractivity contribution in [3.05, 3.63) is 75.1 Å². The number of nitrogens with zero attached hydrogens (tertiary/aromatic N) is 5. The van der Waals surface area contributed by atoms with Crippen molar-refractivity contribution in [1.29, 1.82) is 0 Å². The smallest absolute Gasteiger partial charge is 0.231 e. The Balaban J connectivity index is 1.82. The first-order chi connectivity index (χ1) is 14.1. The number of rotatable bonds is 5. The monoisotopic (exact) mass is 475 g/mol. The van der Waals surface area contributed by atoms with Crippen LogP contribution < -0.4 is 4.67 Å². The van der Waals surface area contributed by atoms with Gasteiger partial charge in [-0.2, -0.15) is 14.4 Å². The number of hydrogen-bond acceptors (Lipinski definition) is 8. The molecule has 3 aromatic rings. The van der Waals surface area contributed by atoms with Gasteiger partial charge in [-0.15, -0.1) is 27.8 Å². The number of thioether (sulfide) groups is 1. The first-order valence-corrected chi connectivity index (χ1v) is 13.9. The Morgan fingerprint density at radius 3 is 2.45 bits per heavy atom. The topological polar surface area (TPSA) is 43.6 Å². The Morgan fingerprint density at radius 1 is 1.03 bits per heavy atom. The second-order valence-electron chi connectivity index (χ2n) is 6.13. The zero-order chi connectivity index (χ0) is 20.3. The minimum atomic E-state index is -2.50. The van der Waals surface area contributed by atoms with Crippen LogP contribution in [0.2, 0.25) is 0 Å². The summed E-state index contributed by atoms with van der Waals surface area (Å²) < 4.78 is 9.15. The van der Waals surface area contributed by atoms with Gasteiger partial charge in [-0.3, -0.25) is 0 Å². The number of hydrogen-bond donors (Lipinski definition) is 0. The normalized spacial score (nSPS) is 21.3. The van der Waals surface area contributed by atoms with Crippen LogP contribution in [0.25, 0.3) is 0 Å². The molecule has 0 bridgehead atoms. The van der Waals surface area contributed by atoms with E-state index < -0.39 is 6.92 Å². The average Bonchev–Trinajstić information content (AvgIpc) is 3.42. The van der Waals surface area contributed by atoms with E-state index >= 15 is 0 Å². The van der Waals surface area contributed by atoms with Crippen molar-refractivity contribution in [3.63, 3.8) is 0 Å². The summed E-state index contributed by atoms with van der Waals surface area (Å²) in [6.45, 7) is -2.50. The summed E-state index contributed by atoms with van der Waals surface area (Å²) in [4.78, 5) is 2.15. The lowest BCUT2D eigenvalue weighted by Gasteiger charge is -2.43. The molecule has 0 aliphatic carbocycles. The van der Waals surface area contributed by atoms with Crippen molar-refractivity contribution in [1.82, 2.24) is 4.67 Å². The lowest BCUT2D eigenvalue weighted by atomic mass is 10.3. The van der Waals surface area contributed by atoms with E-state index in [0.717, 1.165) is 25.7 Å². The maximum atomic E-state index is 6.18. The Bertz CT molecular complexity index is 1030. The summed E-state index contributed by atoms with van der Waals surface area (Å²) in [6, 6.07) is 18.2. The number of anilines is 1. The highest BCUT2D eigenvalue weighted by molar-refractivity contribution is 8.44. The second-order valence-corrected chi connectivity index (χ2v) is 12.9. The Hall–Kier alpha value is -1.48. The van der Waals surface area contributed by atoms with Crippen LogP contribution in [0.5, 0.6) is 0 Å². The van der Waals surface area contributed by atoms with Crippen molar-refractivity contribution in [3.8, 4) is 0 Å². The fraction of sp³-hybridized carbons (Fsp3) is 0.105. The van der Waals surface area contributed by atoms with Gasteiger partial charge in [-0.25, -0.2) is 0 Å². The molecule has 0 spiro atoms. The largest absolute Gasteiger partial charge is 0.485 e. The minimum absolute atomic E-state index is 0.736. The van der Waals surface area contributed by atoms with E-state index in [1.807, 2.05) is 78.1 Å². The van der Waals surface area contributed by atoms with Gasteiger partial charge in [0.05, 0.1) is 16.8 Å². The van der Waals surface area contributed by atoms with E-state index in [0.29, 0.717) is 0 Å². The van der Waals surface area contributed by atoms with Gasteiger partial charge in [0.2, 0.25) is 5.17 Å². The maximum Gasteiger partial charge on any atom is 0.231 e. The van der Waals surface area contributed by atoms with Gasteiger partial charge in [-0.05, 0) is 46.8 Å². The van der Waals surface area contributed by atoms with Gasteiger partial charge in [0.25, 0.3) is 0 Å². The van der Waals surface area contributed by atoms with E-state index in [-0.39, 0.29) is 0 Å². The molecule has 1 unspecified atom stereocenters. The number of thiophene rings is 2. The van der Waals surface area contributed by atoms with Crippen LogP contribution in [-0.4, -0.2) is 35.2 Å². The molecule has 1 atom stereocenters. The fourth-order valence-corrected chi connectivity index (χ4v) is 8.44. The number of amidine groups is 1. The first-order valence-electron chi connectivity index (χ1n) is 8.68. The lowest BCUT2D eigenvalue weighted by Crippen LogP contribution is -2.37. The van der Waals surface area contributed by atoms with Crippen molar-refractivity contribution in [2.45, 2.75) is 0 Å². The Morgan fingerprint density at radius 2 is 1.79 bits per heavy atom. The van der Waals surface area contributed by atoms with Gasteiger partial charge in [0.15, 0.2) is 12.0 Å². The molecule has 29 heavy (non-hydrogen) atoms. The van der Waals surface area contributed by atoms with E-state index in [1.165, 1.54) is 11.8 Å². The van der Waals surface area contributed by atoms with Crippen molar-refractivity contribution < 1.29 is 0 Å². The summed E-state index contributed by atoms with van der Waals surface area (Å²) >= 11 is 11.0. The summed E-state index contributed by atoms with van der Waals surface area (Å²) in [6.07, 6.45) is 1.77. The van der Waals surface area contributed by atoms with Crippen LogP contribution in [0.4, 0.5) is 5.69 Å². The Labute approximate surface area is 188 Å². The zero-order valence-electron chi connectivity index (χ0n) is 15.7. The summed E-state index contributed by atoms with van der Waals surface area (Å²) in [5.74, 6) is 0. The summed E-state index contributed by atoms with van der Waals surface area (Å²) in [7, 11) is 3.96. The van der Waals surface area contributed by atoms with E-state index in [2.05, 4.69) is 20.9 Å². The van der Waals surface area contributed by atoms with Crippen molar-refractivity contribution in [2.24, 2.45) is 15.0 Å².